The van der Waals surface area contributed by atoms with E-state index in [2.05, 4.69) is 10.3 Å². The summed E-state index contributed by atoms with van der Waals surface area (Å²) in [6.07, 6.45) is 1.79. The zero-order valence-corrected chi connectivity index (χ0v) is 9.00. The highest BCUT2D eigenvalue weighted by atomic mass is 16.5. The Morgan fingerprint density at radius 2 is 2.19 bits per heavy atom. The Balaban J connectivity index is 2.34. The minimum Gasteiger partial charge on any atom is -0.496 e. The van der Waals surface area contributed by atoms with E-state index in [0.29, 0.717) is 6.54 Å². The first-order valence-electron chi connectivity index (χ1n) is 4.99. The van der Waals surface area contributed by atoms with E-state index in [9.17, 15) is 0 Å². The van der Waals surface area contributed by atoms with Crippen LogP contribution < -0.4 is 4.74 Å². The van der Waals surface area contributed by atoms with Gasteiger partial charge in [-0.25, -0.2) is 4.68 Å². The Morgan fingerprint density at radius 3 is 2.94 bits per heavy atom. The normalized spacial score (nSPS) is 10.4. The predicted molar refractivity (Wildman–Crippen MR) is 59.1 cm³/mol. The number of benzene rings is 1. The van der Waals surface area contributed by atoms with Gasteiger partial charge in [-0.2, -0.15) is 0 Å². The summed E-state index contributed by atoms with van der Waals surface area (Å²) in [5, 5.41) is 16.7. The zero-order valence-electron chi connectivity index (χ0n) is 9.00. The summed E-state index contributed by atoms with van der Waals surface area (Å²) in [6, 6.07) is 7.62. The standard InChI is InChI=1S/C11H13N3O2/c1-16-11-5-3-2-4-9(11)10-8-14(6-7-15)13-12-10/h2-5,8,15H,6-7H2,1H3. The molecule has 0 aliphatic heterocycles. The molecule has 1 heterocycles. The van der Waals surface area contributed by atoms with Gasteiger partial charge in [0.1, 0.15) is 11.4 Å². The first-order chi connectivity index (χ1) is 7.85. The Hall–Kier alpha value is -1.88. The van der Waals surface area contributed by atoms with Crippen molar-refractivity contribution >= 4 is 0 Å². The summed E-state index contributed by atoms with van der Waals surface area (Å²) in [6.45, 7) is 0.497. The molecule has 2 aromatic rings. The number of hydrogen-bond donors (Lipinski definition) is 1. The van der Waals surface area contributed by atoms with E-state index in [4.69, 9.17) is 9.84 Å². The van der Waals surface area contributed by atoms with E-state index in [1.165, 1.54) is 0 Å². The van der Waals surface area contributed by atoms with Crippen LogP contribution in [0, 0.1) is 0 Å². The SMILES string of the molecule is COc1ccccc1-c1cn(CCO)nn1. The molecular formula is C11H13N3O2. The molecule has 0 radical (unpaired) electrons. The van der Waals surface area contributed by atoms with Gasteiger partial charge < -0.3 is 9.84 Å². The van der Waals surface area contributed by atoms with Crippen LogP contribution in [0.3, 0.4) is 0 Å². The first kappa shape index (κ1) is 10.6. The lowest BCUT2D eigenvalue weighted by Gasteiger charge is -2.04. The van der Waals surface area contributed by atoms with Gasteiger partial charge >= 0.3 is 0 Å². The van der Waals surface area contributed by atoms with Crippen LogP contribution in [0.2, 0.25) is 0 Å². The minimum absolute atomic E-state index is 0.0503. The second kappa shape index (κ2) is 4.76. The van der Waals surface area contributed by atoms with Gasteiger partial charge in [-0.05, 0) is 12.1 Å². The molecule has 0 atom stereocenters. The lowest BCUT2D eigenvalue weighted by atomic mass is 10.1. The first-order valence-corrected chi connectivity index (χ1v) is 4.99. The molecule has 5 nitrogen and oxygen atoms in total. The van der Waals surface area contributed by atoms with E-state index in [1.807, 2.05) is 24.3 Å². The molecule has 84 valence electrons. The lowest BCUT2D eigenvalue weighted by molar-refractivity contribution is 0.268. The second-order valence-corrected chi connectivity index (χ2v) is 3.29. The molecule has 0 aliphatic carbocycles. The maximum Gasteiger partial charge on any atom is 0.128 e. The molecule has 16 heavy (non-hydrogen) atoms. The Labute approximate surface area is 93.3 Å². The summed E-state index contributed by atoms with van der Waals surface area (Å²) in [5.74, 6) is 0.763. The number of para-hydroxylation sites is 1. The van der Waals surface area contributed by atoms with Crippen LogP contribution in [-0.4, -0.2) is 33.8 Å². The molecule has 2 rings (SSSR count). The third-order valence-electron chi connectivity index (χ3n) is 2.25. The molecular weight excluding hydrogens is 206 g/mol. The highest BCUT2D eigenvalue weighted by Gasteiger charge is 2.08. The number of aromatic nitrogens is 3. The van der Waals surface area contributed by atoms with Crippen molar-refractivity contribution in [3.05, 3.63) is 30.5 Å². The van der Waals surface area contributed by atoms with Gasteiger partial charge in [0.15, 0.2) is 0 Å². The highest BCUT2D eigenvalue weighted by Crippen LogP contribution is 2.27. The van der Waals surface area contributed by atoms with Crippen LogP contribution in [0.5, 0.6) is 5.75 Å². The van der Waals surface area contributed by atoms with E-state index >= 15 is 0 Å². The van der Waals surface area contributed by atoms with Gasteiger partial charge in [0.25, 0.3) is 0 Å². The molecule has 0 unspecified atom stereocenters. The fourth-order valence-electron chi connectivity index (χ4n) is 1.49. The number of ether oxygens (including phenoxy) is 1. The van der Waals surface area contributed by atoms with E-state index in [-0.39, 0.29) is 6.61 Å². The van der Waals surface area contributed by atoms with Gasteiger partial charge in [0.05, 0.1) is 26.5 Å². The van der Waals surface area contributed by atoms with Crippen molar-refractivity contribution in [2.75, 3.05) is 13.7 Å². The summed E-state index contributed by atoms with van der Waals surface area (Å²) in [7, 11) is 1.62. The van der Waals surface area contributed by atoms with E-state index in [1.54, 1.807) is 18.0 Å². The molecule has 0 spiro atoms. The van der Waals surface area contributed by atoms with E-state index < -0.39 is 0 Å². The number of aliphatic hydroxyl groups is 1. The predicted octanol–water partition coefficient (Wildman–Crippen LogP) is 0.946. The van der Waals surface area contributed by atoms with Crippen molar-refractivity contribution in [3.8, 4) is 17.0 Å². The Morgan fingerprint density at radius 1 is 1.38 bits per heavy atom. The van der Waals surface area contributed by atoms with Crippen LogP contribution in [0.25, 0.3) is 11.3 Å². The second-order valence-electron chi connectivity index (χ2n) is 3.29. The van der Waals surface area contributed by atoms with Crippen molar-refractivity contribution in [1.29, 1.82) is 0 Å². The van der Waals surface area contributed by atoms with Crippen molar-refractivity contribution in [2.45, 2.75) is 6.54 Å². The molecule has 0 aliphatic rings. The molecule has 0 bridgehead atoms. The van der Waals surface area contributed by atoms with Crippen LogP contribution in [0.15, 0.2) is 30.5 Å². The Kier molecular flexibility index (Phi) is 3.16. The monoisotopic (exact) mass is 219 g/mol. The van der Waals surface area contributed by atoms with Crippen LogP contribution in [-0.2, 0) is 6.54 Å². The molecule has 5 heteroatoms. The van der Waals surface area contributed by atoms with Crippen molar-refractivity contribution in [2.24, 2.45) is 0 Å². The van der Waals surface area contributed by atoms with Crippen molar-refractivity contribution < 1.29 is 9.84 Å². The van der Waals surface area contributed by atoms with E-state index in [0.717, 1.165) is 17.0 Å². The average Bonchev–Trinajstić information content (AvgIpc) is 2.78. The molecule has 0 fully saturated rings. The van der Waals surface area contributed by atoms with Crippen LogP contribution in [0.1, 0.15) is 0 Å². The molecule has 0 amide bonds. The topological polar surface area (TPSA) is 60.2 Å². The molecule has 1 N–H and O–H groups in total. The fraction of sp³-hybridized carbons (Fsp3) is 0.273. The zero-order chi connectivity index (χ0) is 11.4. The van der Waals surface area contributed by atoms with Gasteiger partial charge in [0, 0.05) is 5.56 Å². The third kappa shape index (κ3) is 2.04. The number of nitrogens with zero attached hydrogens (tertiary/aromatic N) is 3. The largest absolute Gasteiger partial charge is 0.496 e. The van der Waals surface area contributed by atoms with Gasteiger partial charge in [-0.3, -0.25) is 0 Å². The summed E-state index contributed by atoms with van der Waals surface area (Å²) in [5.41, 5.74) is 1.64. The lowest BCUT2D eigenvalue weighted by Crippen LogP contribution is -2.01. The summed E-state index contributed by atoms with van der Waals surface area (Å²) < 4.78 is 6.84. The molecule has 1 aromatic heterocycles. The molecule has 0 saturated heterocycles. The number of rotatable bonds is 4. The quantitative estimate of drug-likeness (QED) is 0.831. The summed E-state index contributed by atoms with van der Waals surface area (Å²) >= 11 is 0. The van der Waals surface area contributed by atoms with Crippen molar-refractivity contribution in [1.82, 2.24) is 15.0 Å². The van der Waals surface area contributed by atoms with Crippen molar-refractivity contribution in [3.63, 3.8) is 0 Å². The maximum absolute atomic E-state index is 8.79. The van der Waals surface area contributed by atoms with Gasteiger partial charge in [-0.15, -0.1) is 5.10 Å². The van der Waals surface area contributed by atoms with Crippen LogP contribution >= 0.6 is 0 Å². The Bertz CT molecular complexity index is 468. The summed E-state index contributed by atoms with van der Waals surface area (Å²) in [4.78, 5) is 0. The van der Waals surface area contributed by atoms with Gasteiger partial charge in [-0.1, -0.05) is 17.3 Å². The van der Waals surface area contributed by atoms with Gasteiger partial charge in [0.2, 0.25) is 0 Å². The molecule has 1 aromatic carbocycles. The average molecular weight is 219 g/mol. The van der Waals surface area contributed by atoms with Crippen LogP contribution in [0.4, 0.5) is 0 Å². The highest BCUT2D eigenvalue weighted by molar-refractivity contribution is 5.65. The number of aliphatic hydroxyl groups excluding tert-OH is 1. The number of hydrogen-bond acceptors (Lipinski definition) is 4. The number of methoxy groups -OCH3 is 1. The minimum atomic E-state index is 0.0503. The maximum atomic E-state index is 8.79. The smallest absolute Gasteiger partial charge is 0.128 e. The molecule has 0 saturated carbocycles. The fourth-order valence-corrected chi connectivity index (χ4v) is 1.49. The third-order valence-corrected chi connectivity index (χ3v) is 2.25.